The molecule has 1 aromatic heterocycles. The molecule has 0 aliphatic carbocycles. The Hall–Kier alpha value is -2.76. The molecule has 28 heavy (non-hydrogen) atoms. The first-order valence-corrected chi connectivity index (χ1v) is 10.1. The molecule has 1 aromatic carbocycles. The van der Waals surface area contributed by atoms with Crippen molar-refractivity contribution >= 4 is 11.9 Å². The van der Waals surface area contributed by atoms with Crippen molar-refractivity contribution in [1.29, 1.82) is 0 Å². The number of rotatable bonds is 9. The summed E-state index contributed by atoms with van der Waals surface area (Å²) in [4.78, 5) is 19.0. The summed E-state index contributed by atoms with van der Waals surface area (Å²) in [6, 6.07) is 14.2. The van der Waals surface area contributed by atoms with Crippen LogP contribution in [0.4, 0.5) is 0 Å². The average molecular weight is 383 g/mol. The molecular weight excluding hydrogens is 352 g/mol. The predicted octanol–water partition coefficient (Wildman–Crippen LogP) is 2.47. The van der Waals surface area contributed by atoms with E-state index in [4.69, 9.17) is 4.42 Å². The van der Waals surface area contributed by atoms with Crippen LogP contribution in [0.1, 0.15) is 24.7 Å². The molecule has 0 radical (unpaired) electrons. The predicted molar refractivity (Wildman–Crippen MR) is 111 cm³/mol. The molecule has 1 fully saturated rings. The number of hydrogen-bond acceptors (Lipinski definition) is 3. The summed E-state index contributed by atoms with van der Waals surface area (Å²) in [6.45, 7) is 5.84. The maximum absolute atomic E-state index is 12.3. The number of carbonyl (C=O) groups is 1. The van der Waals surface area contributed by atoms with Crippen LogP contribution >= 0.6 is 0 Å². The molecule has 3 rings (SSSR count). The van der Waals surface area contributed by atoms with Crippen LogP contribution in [0.15, 0.2) is 58.1 Å². The van der Waals surface area contributed by atoms with E-state index in [0.717, 1.165) is 50.7 Å². The number of hydrogen-bond donors (Lipinski definition) is 2. The monoisotopic (exact) mass is 382 g/mol. The molecule has 0 bridgehead atoms. The van der Waals surface area contributed by atoms with E-state index >= 15 is 0 Å². The van der Waals surface area contributed by atoms with Crippen molar-refractivity contribution in [2.24, 2.45) is 10.9 Å². The zero-order chi connectivity index (χ0) is 19.6. The van der Waals surface area contributed by atoms with Crippen molar-refractivity contribution in [3.63, 3.8) is 0 Å². The Balaban J connectivity index is 1.44. The first kappa shape index (κ1) is 20.0. The van der Waals surface area contributed by atoms with Gasteiger partial charge in [-0.25, -0.2) is 0 Å². The summed E-state index contributed by atoms with van der Waals surface area (Å²) >= 11 is 0. The third-order valence-electron chi connectivity index (χ3n) is 4.90. The molecule has 6 nitrogen and oxygen atoms in total. The Morgan fingerprint density at radius 2 is 2.04 bits per heavy atom. The highest BCUT2D eigenvalue weighted by Crippen LogP contribution is 2.18. The molecule has 1 unspecified atom stereocenters. The number of likely N-dealkylation sites (tertiary alicyclic amines) is 1. The minimum absolute atomic E-state index is 0.243. The van der Waals surface area contributed by atoms with E-state index in [-0.39, 0.29) is 11.8 Å². The van der Waals surface area contributed by atoms with E-state index in [1.165, 1.54) is 5.56 Å². The molecule has 0 spiro atoms. The second kappa shape index (κ2) is 10.5. The molecule has 2 N–H and O–H groups in total. The van der Waals surface area contributed by atoms with Gasteiger partial charge in [0.05, 0.1) is 6.26 Å². The quantitative estimate of drug-likeness (QED) is 0.516. The number of aliphatic imine (C=N–C) groups is 1. The SMILES string of the molecule is CCNC(=NCC1CC(=O)N(CCc2ccccc2)C1)NCCc1ccco1. The highest BCUT2D eigenvalue weighted by atomic mass is 16.3. The summed E-state index contributed by atoms with van der Waals surface area (Å²) in [5, 5.41) is 6.60. The maximum Gasteiger partial charge on any atom is 0.223 e. The van der Waals surface area contributed by atoms with Crippen molar-refractivity contribution in [2.45, 2.75) is 26.2 Å². The molecule has 1 amide bonds. The van der Waals surface area contributed by atoms with E-state index in [0.29, 0.717) is 13.0 Å². The summed E-state index contributed by atoms with van der Waals surface area (Å²) in [5.74, 6) is 2.28. The standard InChI is InChI=1S/C22H30N4O2/c1-2-23-22(24-12-10-20-9-6-14-28-20)25-16-19-15-21(27)26(17-19)13-11-18-7-4-3-5-8-18/h3-9,14,19H,2,10-13,15-17H2,1H3,(H2,23,24,25). The average Bonchev–Trinajstić information content (AvgIpc) is 3.35. The fourth-order valence-electron chi connectivity index (χ4n) is 3.42. The summed E-state index contributed by atoms with van der Waals surface area (Å²) in [5.41, 5.74) is 1.27. The van der Waals surface area contributed by atoms with E-state index in [2.05, 4.69) is 27.8 Å². The van der Waals surface area contributed by atoms with Crippen molar-refractivity contribution in [3.05, 3.63) is 60.1 Å². The van der Waals surface area contributed by atoms with Crippen LogP contribution in [0, 0.1) is 5.92 Å². The van der Waals surface area contributed by atoms with Crippen molar-refractivity contribution in [3.8, 4) is 0 Å². The van der Waals surface area contributed by atoms with Crippen molar-refractivity contribution < 1.29 is 9.21 Å². The van der Waals surface area contributed by atoms with Crippen LogP contribution in [0.3, 0.4) is 0 Å². The third kappa shape index (κ3) is 6.15. The molecular formula is C22H30N4O2. The number of benzene rings is 1. The second-order valence-corrected chi connectivity index (χ2v) is 7.12. The normalized spacial score (nSPS) is 17.2. The number of nitrogens with zero attached hydrogens (tertiary/aromatic N) is 2. The summed E-state index contributed by atoms with van der Waals surface area (Å²) in [6.07, 6.45) is 3.99. The Bertz CT molecular complexity index is 743. The highest BCUT2D eigenvalue weighted by Gasteiger charge is 2.28. The van der Waals surface area contributed by atoms with Gasteiger partial charge in [-0.15, -0.1) is 0 Å². The van der Waals surface area contributed by atoms with Crippen LogP contribution in [0.5, 0.6) is 0 Å². The fraction of sp³-hybridized carbons (Fsp3) is 0.455. The molecule has 1 saturated heterocycles. The van der Waals surface area contributed by atoms with Gasteiger partial charge in [0.25, 0.3) is 0 Å². The van der Waals surface area contributed by atoms with Gasteiger partial charge in [0, 0.05) is 51.5 Å². The summed E-state index contributed by atoms with van der Waals surface area (Å²) < 4.78 is 5.35. The van der Waals surface area contributed by atoms with Gasteiger partial charge in [0.2, 0.25) is 5.91 Å². The lowest BCUT2D eigenvalue weighted by molar-refractivity contribution is -0.127. The summed E-state index contributed by atoms with van der Waals surface area (Å²) in [7, 11) is 0. The van der Waals surface area contributed by atoms with Crippen LogP contribution in [-0.4, -0.2) is 49.5 Å². The molecule has 0 saturated carbocycles. The number of furan rings is 1. The third-order valence-corrected chi connectivity index (χ3v) is 4.90. The van der Waals surface area contributed by atoms with Crippen molar-refractivity contribution in [2.75, 3.05) is 32.7 Å². The molecule has 6 heteroatoms. The number of carbonyl (C=O) groups excluding carboxylic acids is 1. The lowest BCUT2D eigenvalue weighted by atomic mass is 10.1. The minimum Gasteiger partial charge on any atom is -0.469 e. The Morgan fingerprint density at radius 3 is 2.79 bits per heavy atom. The molecule has 2 heterocycles. The van der Waals surface area contributed by atoms with Crippen LogP contribution in [0.2, 0.25) is 0 Å². The minimum atomic E-state index is 0.243. The van der Waals surface area contributed by atoms with E-state index in [1.807, 2.05) is 42.2 Å². The number of nitrogens with one attached hydrogen (secondary N) is 2. The van der Waals surface area contributed by atoms with Crippen LogP contribution in [-0.2, 0) is 17.6 Å². The fourth-order valence-corrected chi connectivity index (χ4v) is 3.42. The molecule has 2 aromatic rings. The lowest BCUT2D eigenvalue weighted by Gasteiger charge is -2.16. The molecule has 1 aliphatic rings. The van der Waals surface area contributed by atoms with Gasteiger partial charge in [0.1, 0.15) is 5.76 Å². The van der Waals surface area contributed by atoms with Gasteiger partial charge in [-0.05, 0) is 31.0 Å². The molecule has 1 aliphatic heterocycles. The van der Waals surface area contributed by atoms with E-state index < -0.39 is 0 Å². The zero-order valence-corrected chi connectivity index (χ0v) is 16.6. The van der Waals surface area contributed by atoms with Gasteiger partial charge in [-0.3, -0.25) is 9.79 Å². The smallest absolute Gasteiger partial charge is 0.223 e. The number of guanidine groups is 1. The highest BCUT2D eigenvalue weighted by molar-refractivity contribution is 5.80. The Kier molecular flexibility index (Phi) is 7.53. The second-order valence-electron chi connectivity index (χ2n) is 7.12. The maximum atomic E-state index is 12.3. The number of amides is 1. The first-order valence-electron chi connectivity index (χ1n) is 10.1. The van der Waals surface area contributed by atoms with E-state index in [1.54, 1.807) is 6.26 Å². The van der Waals surface area contributed by atoms with Gasteiger partial charge in [-0.2, -0.15) is 0 Å². The largest absolute Gasteiger partial charge is 0.469 e. The van der Waals surface area contributed by atoms with Crippen LogP contribution < -0.4 is 10.6 Å². The first-order chi connectivity index (χ1) is 13.7. The molecule has 150 valence electrons. The lowest BCUT2D eigenvalue weighted by Crippen LogP contribution is -2.38. The van der Waals surface area contributed by atoms with Gasteiger partial charge in [-0.1, -0.05) is 30.3 Å². The van der Waals surface area contributed by atoms with Gasteiger partial charge in [0.15, 0.2) is 5.96 Å². The van der Waals surface area contributed by atoms with Crippen molar-refractivity contribution in [1.82, 2.24) is 15.5 Å². The zero-order valence-electron chi connectivity index (χ0n) is 16.6. The topological polar surface area (TPSA) is 69.9 Å². The van der Waals surface area contributed by atoms with Crippen LogP contribution in [0.25, 0.3) is 0 Å². The Labute approximate surface area is 167 Å². The van der Waals surface area contributed by atoms with Gasteiger partial charge >= 0.3 is 0 Å². The molecule has 1 atom stereocenters. The van der Waals surface area contributed by atoms with E-state index in [9.17, 15) is 4.79 Å². The Morgan fingerprint density at radius 1 is 1.18 bits per heavy atom. The van der Waals surface area contributed by atoms with Gasteiger partial charge < -0.3 is 20.0 Å².